The Balaban J connectivity index is 1.77. The van der Waals surface area contributed by atoms with E-state index in [1.807, 2.05) is 38.4 Å². The Labute approximate surface area is 164 Å². The van der Waals surface area contributed by atoms with Crippen molar-refractivity contribution in [3.05, 3.63) is 82.1 Å². The van der Waals surface area contributed by atoms with E-state index in [-0.39, 0.29) is 10.8 Å². The van der Waals surface area contributed by atoms with Gasteiger partial charge in [-0.05, 0) is 41.3 Å². The van der Waals surface area contributed by atoms with Crippen LogP contribution in [-0.4, -0.2) is 29.0 Å². The highest BCUT2D eigenvalue weighted by atomic mass is 35.5. The smallest absolute Gasteiger partial charge is 0.243 e. The lowest BCUT2D eigenvalue weighted by molar-refractivity contribution is 0.371. The fraction of sp³-hybridized carbons (Fsp3) is 0.250. The standard InChI is InChI=1S/C20H20ClN3O2S/c1-14-7-8-17(9-20(14)21)27(25,26)24-12-15-5-3-4-6-18(15)19(13-24)16-10-22-23(2)11-16/h3-11,19H,12-13H2,1-2H3. The van der Waals surface area contributed by atoms with Gasteiger partial charge in [-0.25, -0.2) is 8.42 Å². The minimum absolute atomic E-state index is 0.0562. The van der Waals surface area contributed by atoms with Crippen LogP contribution in [0.1, 0.15) is 28.2 Å². The van der Waals surface area contributed by atoms with Gasteiger partial charge in [-0.3, -0.25) is 4.68 Å². The monoisotopic (exact) mass is 401 g/mol. The molecule has 27 heavy (non-hydrogen) atoms. The second-order valence-electron chi connectivity index (χ2n) is 6.91. The average Bonchev–Trinajstić information content (AvgIpc) is 3.09. The van der Waals surface area contributed by atoms with E-state index in [0.29, 0.717) is 18.1 Å². The van der Waals surface area contributed by atoms with Gasteiger partial charge in [0.25, 0.3) is 0 Å². The molecule has 0 N–H and O–H groups in total. The van der Waals surface area contributed by atoms with Gasteiger partial charge in [0, 0.05) is 37.3 Å². The average molecular weight is 402 g/mol. The second-order valence-corrected chi connectivity index (χ2v) is 9.25. The number of hydrogen-bond donors (Lipinski definition) is 0. The van der Waals surface area contributed by atoms with E-state index in [2.05, 4.69) is 11.2 Å². The number of aryl methyl sites for hydroxylation is 2. The molecule has 3 aromatic rings. The topological polar surface area (TPSA) is 55.2 Å². The zero-order valence-corrected chi connectivity index (χ0v) is 16.7. The quantitative estimate of drug-likeness (QED) is 0.672. The number of halogens is 1. The molecule has 1 aliphatic heterocycles. The Bertz CT molecular complexity index is 1110. The zero-order valence-electron chi connectivity index (χ0n) is 15.1. The highest BCUT2D eigenvalue weighted by Gasteiger charge is 2.34. The van der Waals surface area contributed by atoms with Crippen molar-refractivity contribution >= 4 is 21.6 Å². The molecule has 0 amide bonds. The van der Waals surface area contributed by atoms with Crippen LogP contribution in [0.5, 0.6) is 0 Å². The Morgan fingerprint density at radius 1 is 1.19 bits per heavy atom. The van der Waals surface area contributed by atoms with Crippen molar-refractivity contribution in [2.24, 2.45) is 7.05 Å². The lowest BCUT2D eigenvalue weighted by Gasteiger charge is -2.33. The van der Waals surface area contributed by atoms with Crippen LogP contribution >= 0.6 is 11.6 Å². The number of nitrogens with zero attached hydrogens (tertiary/aromatic N) is 3. The highest BCUT2D eigenvalue weighted by molar-refractivity contribution is 7.89. The molecule has 7 heteroatoms. The predicted molar refractivity (Wildman–Crippen MR) is 105 cm³/mol. The Hall–Kier alpha value is -2.15. The molecule has 0 saturated carbocycles. The minimum atomic E-state index is -3.66. The Morgan fingerprint density at radius 2 is 1.96 bits per heavy atom. The third-order valence-corrected chi connectivity index (χ3v) is 7.29. The zero-order chi connectivity index (χ0) is 19.2. The fourth-order valence-corrected chi connectivity index (χ4v) is 5.25. The summed E-state index contributed by atoms with van der Waals surface area (Å²) in [4.78, 5) is 0.224. The lowest BCUT2D eigenvalue weighted by atomic mass is 9.87. The van der Waals surface area contributed by atoms with E-state index in [4.69, 9.17) is 11.6 Å². The molecule has 1 aromatic heterocycles. The van der Waals surface area contributed by atoms with Crippen molar-refractivity contribution in [2.45, 2.75) is 24.3 Å². The molecule has 2 aromatic carbocycles. The van der Waals surface area contributed by atoms with Crippen LogP contribution in [0.2, 0.25) is 5.02 Å². The van der Waals surface area contributed by atoms with Crippen LogP contribution in [0.4, 0.5) is 0 Å². The van der Waals surface area contributed by atoms with Crippen molar-refractivity contribution < 1.29 is 8.42 Å². The molecular weight excluding hydrogens is 382 g/mol. The van der Waals surface area contributed by atoms with Gasteiger partial charge >= 0.3 is 0 Å². The Morgan fingerprint density at radius 3 is 2.67 bits per heavy atom. The van der Waals surface area contributed by atoms with Crippen LogP contribution < -0.4 is 0 Å². The van der Waals surface area contributed by atoms with Gasteiger partial charge in [-0.15, -0.1) is 0 Å². The summed E-state index contributed by atoms with van der Waals surface area (Å²) in [5.41, 5.74) is 4.03. The van der Waals surface area contributed by atoms with Gasteiger partial charge in [0.1, 0.15) is 0 Å². The van der Waals surface area contributed by atoms with Gasteiger partial charge in [-0.1, -0.05) is 41.9 Å². The summed E-state index contributed by atoms with van der Waals surface area (Å²) in [6.07, 6.45) is 3.75. The fourth-order valence-electron chi connectivity index (χ4n) is 3.55. The maximum atomic E-state index is 13.3. The van der Waals surface area contributed by atoms with E-state index in [1.54, 1.807) is 23.0 Å². The summed E-state index contributed by atoms with van der Waals surface area (Å²) in [6.45, 7) is 2.58. The maximum absolute atomic E-state index is 13.3. The van der Waals surface area contributed by atoms with Crippen LogP contribution in [0.25, 0.3) is 0 Å². The van der Waals surface area contributed by atoms with Gasteiger partial charge in [0.05, 0.1) is 11.1 Å². The minimum Gasteiger partial charge on any atom is -0.276 e. The van der Waals surface area contributed by atoms with Crippen molar-refractivity contribution in [3.63, 3.8) is 0 Å². The van der Waals surface area contributed by atoms with Crippen LogP contribution in [-0.2, 0) is 23.6 Å². The number of sulfonamides is 1. The highest BCUT2D eigenvalue weighted by Crippen LogP contribution is 2.36. The summed E-state index contributed by atoms with van der Waals surface area (Å²) in [7, 11) is -1.79. The SMILES string of the molecule is Cc1ccc(S(=O)(=O)N2Cc3ccccc3C(c3cnn(C)c3)C2)cc1Cl. The normalized spacial score (nSPS) is 17.7. The van der Waals surface area contributed by atoms with E-state index < -0.39 is 10.0 Å². The Kier molecular flexibility index (Phi) is 4.58. The third kappa shape index (κ3) is 3.29. The molecule has 5 nitrogen and oxygen atoms in total. The van der Waals surface area contributed by atoms with E-state index in [9.17, 15) is 8.42 Å². The number of aromatic nitrogens is 2. The van der Waals surface area contributed by atoms with Gasteiger partial charge < -0.3 is 0 Å². The second kappa shape index (κ2) is 6.78. The first-order chi connectivity index (χ1) is 12.9. The molecule has 0 fully saturated rings. The largest absolute Gasteiger partial charge is 0.276 e. The predicted octanol–water partition coefficient (Wildman–Crippen LogP) is 3.72. The van der Waals surface area contributed by atoms with E-state index in [1.165, 1.54) is 10.4 Å². The first-order valence-corrected chi connectivity index (χ1v) is 10.5. The number of hydrogen-bond acceptors (Lipinski definition) is 3. The summed E-state index contributed by atoms with van der Waals surface area (Å²) >= 11 is 6.17. The molecule has 2 heterocycles. The van der Waals surface area contributed by atoms with Crippen molar-refractivity contribution in [1.82, 2.24) is 14.1 Å². The van der Waals surface area contributed by atoms with Crippen LogP contribution in [0.3, 0.4) is 0 Å². The van der Waals surface area contributed by atoms with Crippen LogP contribution in [0, 0.1) is 6.92 Å². The summed E-state index contributed by atoms with van der Waals surface area (Å²) in [6, 6.07) is 12.9. The molecule has 0 saturated heterocycles. The molecule has 0 spiro atoms. The van der Waals surface area contributed by atoms with Crippen molar-refractivity contribution in [3.8, 4) is 0 Å². The number of rotatable bonds is 3. The van der Waals surface area contributed by atoms with Crippen molar-refractivity contribution in [1.29, 1.82) is 0 Å². The van der Waals surface area contributed by atoms with E-state index >= 15 is 0 Å². The molecule has 0 bridgehead atoms. The third-order valence-electron chi connectivity index (χ3n) is 5.07. The molecule has 1 atom stereocenters. The van der Waals surface area contributed by atoms with Crippen molar-refractivity contribution in [2.75, 3.05) is 6.54 Å². The number of fused-ring (bicyclic) bond motifs is 1. The summed E-state index contributed by atoms with van der Waals surface area (Å²) in [5, 5.41) is 4.72. The van der Waals surface area contributed by atoms with Gasteiger partial charge in [-0.2, -0.15) is 9.40 Å². The van der Waals surface area contributed by atoms with Crippen LogP contribution in [0.15, 0.2) is 59.8 Å². The number of benzene rings is 2. The molecular formula is C20H20ClN3O2S. The molecule has 140 valence electrons. The molecule has 0 radical (unpaired) electrons. The first-order valence-electron chi connectivity index (χ1n) is 8.69. The van der Waals surface area contributed by atoms with E-state index in [0.717, 1.165) is 22.3 Å². The maximum Gasteiger partial charge on any atom is 0.243 e. The summed E-state index contributed by atoms with van der Waals surface area (Å²) < 4.78 is 29.9. The molecule has 4 rings (SSSR count). The lowest BCUT2D eigenvalue weighted by Crippen LogP contribution is -2.38. The van der Waals surface area contributed by atoms with Gasteiger partial charge in [0.2, 0.25) is 10.0 Å². The molecule has 1 aliphatic rings. The molecule has 1 unspecified atom stereocenters. The molecule has 0 aliphatic carbocycles. The first kappa shape index (κ1) is 18.2. The summed E-state index contributed by atoms with van der Waals surface area (Å²) in [5.74, 6) is -0.0562. The van der Waals surface area contributed by atoms with Gasteiger partial charge in [0.15, 0.2) is 0 Å².